The van der Waals surface area contributed by atoms with Crippen LogP contribution in [0.5, 0.6) is 0 Å². The van der Waals surface area contributed by atoms with E-state index in [1.807, 2.05) is 0 Å². The molecule has 0 aromatic rings. The molecule has 0 amide bonds. The van der Waals surface area contributed by atoms with E-state index >= 15 is 0 Å². The van der Waals surface area contributed by atoms with Gasteiger partial charge >= 0.3 is 0 Å². The van der Waals surface area contributed by atoms with Crippen LogP contribution in [0, 0.1) is 11.3 Å². The fourth-order valence-electron chi connectivity index (χ4n) is 2.49. The van der Waals surface area contributed by atoms with E-state index in [4.69, 9.17) is 4.74 Å². The number of hydrogen-bond acceptors (Lipinski definition) is 1. The summed E-state index contributed by atoms with van der Waals surface area (Å²) in [6, 6.07) is 0. The molecular formula is C12H20O. The number of hydrogen-bond donors (Lipinski definition) is 0. The molecule has 0 aromatic heterocycles. The van der Waals surface area contributed by atoms with E-state index in [-0.39, 0.29) is 0 Å². The number of allylic oxidation sites excluding steroid dienone is 2. The van der Waals surface area contributed by atoms with Gasteiger partial charge in [0, 0.05) is 6.61 Å². The zero-order valence-corrected chi connectivity index (χ0v) is 8.81. The number of ether oxygens (including phenoxy) is 1. The van der Waals surface area contributed by atoms with Gasteiger partial charge in [0.1, 0.15) is 0 Å². The molecule has 0 aromatic carbocycles. The highest BCUT2D eigenvalue weighted by Gasteiger charge is 2.35. The van der Waals surface area contributed by atoms with Gasteiger partial charge in [-0.25, -0.2) is 0 Å². The van der Waals surface area contributed by atoms with Crippen molar-refractivity contribution in [2.45, 2.75) is 39.5 Å². The van der Waals surface area contributed by atoms with Crippen molar-refractivity contribution < 1.29 is 4.74 Å². The van der Waals surface area contributed by atoms with Gasteiger partial charge in [-0.15, -0.1) is 0 Å². The Balaban J connectivity index is 2.02. The second-order valence-corrected chi connectivity index (χ2v) is 4.94. The third-order valence-electron chi connectivity index (χ3n) is 3.67. The first kappa shape index (κ1) is 9.26. The first-order valence-electron chi connectivity index (χ1n) is 5.49. The van der Waals surface area contributed by atoms with Gasteiger partial charge in [-0.05, 0) is 37.0 Å². The summed E-state index contributed by atoms with van der Waals surface area (Å²) in [5.74, 6) is 0.750. The fraction of sp³-hybridized carbons (Fsp3) is 0.833. The molecule has 0 radical (unpaired) electrons. The minimum atomic E-state index is 0.540. The molecule has 1 aliphatic heterocycles. The molecule has 0 bridgehead atoms. The first-order valence-corrected chi connectivity index (χ1v) is 5.49. The molecule has 1 fully saturated rings. The van der Waals surface area contributed by atoms with Crippen LogP contribution in [0.15, 0.2) is 11.6 Å². The van der Waals surface area contributed by atoms with Crippen LogP contribution in [0.25, 0.3) is 0 Å². The Labute approximate surface area is 81.2 Å². The molecule has 13 heavy (non-hydrogen) atoms. The average Bonchev–Trinajstić information content (AvgIpc) is 2.54. The van der Waals surface area contributed by atoms with Gasteiger partial charge in [0.05, 0.1) is 6.61 Å². The third kappa shape index (κ3) is 1.80. The van der Waals surface area contributed by atoms with E-state index in [0.29, 0.717) is 5.41 Å². The molecule has 2 rings (SSSR count). The second-order valence-electron chi connectivity index (χ2n) is 4.94. The highest BCUT2D eigenvalue weighted by molar-refractivity contribution is 5.12. The fourth-order valence-corrected chi connectivity index (χ4v) is 2.49. The molecule has 2 aliphatic rings. The van der Waals surface area contributed by atoms with Crippen LogP contribution in [0.1, 0.15) is 39.5 Å². The van der Waals surface area contributed by atoms with E-state index in [1.54, 1.807) is 5.57 Å². The van der Waals surface area contributed by atoms with Crippen LogP contribution in [-0.4, -0.2) is 13.2 Å². The Bertz CT molecular complexity index is 209. The Morgan fingerprint density at radius 1 is 1.38 bits per heavy atom. The van der Waals surface area contributed by atoms with Crippen molar-refractivity contribution in [2.24, 2.45) is 11.3 Å². The summed E-state index contributed by atoms with van der Waals surface area (Å²) in [5, 5.41) is 0. The van der Waals surface area contributed by atoms with Crippen LogP contribution in [0.4, 0.5) is 0 Å². The maximum absolute atomic E-state index is 5.50. The molecule has 1 nitrogen and oxygen atoms in total. The quantitative estimate of drug-likeness (QED) is 0.563. The van der Waals surface area contributed by atoms with E-state index in [9.17, 15) is 0 Å². The Morgan fingerprint density at radius 2 is 2.23 bits per heavy atom. The lowest BCUT2D eigenvalue weighted by atomic mass is 9.73. The summed E-state index contributed by atoms with van der Waals surface area (Å²) in [5.41, 5.74) is 2.20. The predicted octanol–water partition coefficient (Wildman–Crippen LogP) is 3.16. The van der Waals surface area contributed by atoms with Crippen molar-refractivity contribution in [1.82, 2.24) is 0 Å². The monoisotopic (exact) mass is 180 g/mol. The summed E-state index contributed by atoms with van der Waals surface area (Å²) in [7, 11) is 0. The van der Waals surface area contributed by atoms with Gasteiger partial charge in [-0.1, -0.05) is 25.5 Å². The van der Waals surface area contributed by atoms with Crippen molar-refractivity contribution in [1.29, 1.82) is 0 Å². The maximum atomic E-state index is 5.50. The summed E-state index contributed by atoms with van der Waals surface area (Å²) in [6.07, 6.45) is 7.69. The largest absolute Gasteiger partial charge is 0.381 e. The molecular weight excluding hydrogens is 160 g/mol. The van der Waals surface area contributed by atoms with Gasteiger partial charge in [-0.2, -0.15) is 0 Å². The predicted molar refractivity (Wildman–Crippen MR) is 54.6 cm³/mol. The lowest BCUT2D eigenvalue weighted by Crippen LogP contribution is -2.24. The van der Waals surface area contributed by atoms with Crippen LogP contribution < -0.4 is 0 Å². The van der Waals surface area contributed by atoms with E-state index in [2.05, 4.69) is 19.9 Å². The third-order valence-corrected chi connectivity index (χ3v) is 3.67. The van der Waals surface area contributed by atoms with Gasteiger partial charge in [0.25, 0.3) is 0 Å². The molecule has 1 unspecified atom stereocenters. The molecule has 1 heterocycles. The van der Waals surface area contributed by atoms with Crippen molar-refractivity contribution in [3.8, 4) is 0 Å². The van der Waals surface area contributed by atoms with Crippen molar-refractivity contribution >= 4 is 0 Å². The first-order chi connectivity index (χ1) is 6.22. The molecule has 0 N–H and O–H groups in total. The number of rotatable bonds is 1. The van der Waals surface area contributed by atoms with Crippen LogP contribution in [-0.2, 0) is 4.74 Å². The molecule has 1 aliphatic carbocycles. The van der Waals surface area contributed by atoms with Crippen molar-refractivity contribution in [3.63, 3.8) is 0 Å². The highest BCUT2D eigenvalue weighted by Crippen LogP contribution is 2.43. The standard InChI is InChI=1S/C12H20O/c1-10(2)11-3-5-12(6-4-11)7-8-13-9-12/h3,10H,4-9H2,1-2H3. The van der Waals surface area contributed by atoms with Gasteiger partial charge < -0.3 is 4.74 Å². The smallest absolute Gasteiger partial charge is 0.0526 e. The van der Waals surface area contributed by atoms with E-state index in [0.717, 1.165) is 19.1 Å². The second kappa shape index (κ2) is 3.45. The van der Waals surface area contributed by atoms with Gasteiger partial charge in [0.2, 0.25) is 0 Å². The maximum Gasteiger partial charge on any atom is 0.0526 e. The Kier molecular flexibility index (Phi) is 2.46. The Hall–Kier alpha value is -0.300. The molecule has 74 valence electrons. The molecule has 1 saturated heterocycles. The molecule has 1 spiro atoms. The van der Waals surface area contributed by atoms with Crippen molar-refractivity contribution in [2.75, 3.05) is 13.2 Å². The zero-order chi connectivity index (χ0) is 9.31. The van der Waals surface area contributed by atoms with E-state index in [1.165, 1.54) is 25.7 Å². The van der Waals surface area contributed by atoms with Crippen molar-refractivity contribution in [3.05, 3.63) is 11.6 Å². The minimum absolute atomic E-state index is 0.540. The topological polar surface area (TPSA) is 9.23 Å². The Morgan fingerprint density at radius 3 is 2.69 bits per heavy atom. The summed E-state index contributed by atoms with van der Waals surface area (Å²) < 4.78 is 5.50. The normalized spacial score (nSPS) is 34.2. The molecule has 0 saturated carbocycles. The molecule has 1 atom stereocenters. The molecule has 1 heteroatoms. The minimum Gasteiger partial charge on any atom is -0.381 e. The summed E-state index contributed by atoms with van der Waals surface area (Å²) in [6.45, 7) is 6.60. The average molecular weight is 180 g/mol. The van der Waals surface area contributed by atoms with Crippen LogP contribution in [0.3, 0.4) is 0 Å². The van der Waals surface area contributed by atoms with Crippen LogP contribution in [0.2, 0.25) is 0 Å². The SMILES string of the molecule is CC(C)C1=CCC2(CCOC2)CC1. The van der Waals surface area contributed by atoms with Gasteiger partial charge in [0.15, 0.2) is 0 Å². The van der Waals surface area contributed by atoms with E-state index < -0.39 is 0 Å². The summed E-state index contributed by atoms with van der Waals surface area (Å²) >= 11 is 0. The highest BCUT2D eigenvalue weighted by atomic mass is 16.5. The van der Waals surface area contributed by atoms with Crippen LogP contribution >= 0.6 is 0 Å². The zero-order valence-electron chi connectivity index (χ0n) is 8.81. The van der Waals surface area contributed by atoms with Gasteiger partial charge in [-0.3, -0.25) is 0 Å². The lowest BCUT2D eigenvalue weighted by Gasteiger charge is -2.32. The summed E-state index contributed by atoms with van der Waals surface area (Å²) in [4.78, 5) is 0. The lowest BCUT2D eigenvalue weighted by molar-refractivity contribution is 0.143.